The molecule has 4 heteroatoms. The number of hydrogen-bond acceptors (Lipinski definition) is 1. The third kappa shape index (κ3) is 1.04. The number of fused-ring (bicyclic) bond motifs is 1. The van der Waals surface area contributed by atoms with Gasteiger partial charge in [0.25, 0.3) is 5.92 Å². The zero-order chi connectivity index (χ0) is 7.90. The maximum atomic E-state index is 12.6. The first-order chi connectivity index (χ1) is 5.17. The largest absolute Gasteiger partial charge is 0.282 e. The number of H-pyrrole nitrogens is 1. The van der Waals surface area contributed by atoms with Crippen molar-refractivity contribution in [2.24, 2.45) is 0 Å². The number of aromatic nitrogens is 2. The van der Waals surface area contributed by atoms with Gasteiger partial charge in [-0.1, -0.05) is 0 Å². The Kier molecular flexibility index (Phi) is 1.13. The summed E-state index contributed by atoms with van der Waals surface area (Å²) in [5.41, 5.74) is 1.27. The Bertz CT molecular complexity index is 301. The number of halogens is 2. The Morgan fingerprint density at radius 3 is 3.18 bits per heavy atom. The molecule has 0 unspecified atom stereocenters. The van der Waals surface area contributed by atoms with Gasteiger partial charge in [-0.3, -0.25) is 5.10 Å². The first-order valence-corrected chi connectivity index (χ1v) is 3.27. The molecular formula is C7H6F2N2. The molecule has 1 N–H and O–H groups in total. The van der Waals surface area contributed by atoms with Gasteiger partial charge in [-0.25, -0.2) is 8.78 Å². The number of allylic oxidation sites excluding steroid dienone is 1. The van der Waals surface area contributed by atoms with Crippen LogP contribution < -0.4 is 0 Å². The molecule has 0 aromatic carbocycles. The second-order valence-corrected chi connectivity index (χ2v) is 2.58. The minimum absolute atomic E-state index is 0.265. The fourth-order valence-corrected chi connectivity index (χ4v) is 1.11. The van der Waals surface area contributed by atoms with Crippen molar-refractivity contribution in [2.75, 3.05) is 0 Å². The third-order valence-corrected chi connectivity index (χ3v) is 1.67. The van der Waals surface area contributed by atoms with Gasteiger partial charge in [0.15, 0.2) is 0 Å². The van der Waals surface area contributed by atoms with E-state index >= 15 is 0 Å². The maximum absolute atomic E-state index is 12.6. The summed E-state index contributed by atoms with van der Waals surface area (Å²) < 4.78 is 25.3. The van der Waals surface area contributed by atoms with Crippen LogP contribution in [0.15, 0.2) is 12.3 Å². The lowest BCUT2D eigenvalue weighted by Gasteiger charge is -2.14. The molecule has 0 aliphatic heterocycles. The van der Waals surface area contributed by atoms with Gasteiger partial charge >= 0.3 is 0 Å². The second kappa shape index (κ2) is 1.90. The van der Waals surface area contributed by atoms with Gasteiger partial charge in [0.1, 0.15) is 0 Å². The predicted octanol–water partition coefficient (Wildman–Crippen LogP) is 1.61. The fraction of sp³-hybridized carbons (Fsp3) is 0.286. The quantitative estimate of drug-likeness (QED) is 0.607. The number of nitrogens with zero attached hydrogens (tertiary/aromatic N) is 1. The summed E-state index contributed by atoms with van der Waals surface area (Å²) in [5, 5.41) is 6.19. The van der Waals surface area contributed by atoms with E-state index in [0.717, 1.165) is 11.6 Å². The number of hydrogen-bond donors (Lipinski definition) is 1. The highest BCUT2D eigenvalue weighted by atomic mass is 19.3. The lowest BCUT2D eigenvalue weighted by atomic mass is 10.0. The number of rotatable bonds is 0. The van der Waals surface area contributed by atoms with Gasteiger partial charge < -0.3 is 0 Å². The normalized spacial score (nSPS) is 19.8. The van der Waals surface area contributed by atoms with Gasteiger partial charge in [0.05, 0.1) is 12.6 Å². The standard InChI is InChI=1S/C7H6F2N2/c8-7(9)2-1-5-4-10-11-6(5)3-7/h1-2,4H,3H2,(H,10,11). The molecule has 0 saturated carbocycles. The Hall–Kier alpha value is -1.19. The van der Waals surface area contributed by atoms with Crippen LogP contribution >= 0.6 is 0 Å². The summed E-state index contributed by atoms with van der Waals surface area (Å²) in [6, 6.07) is 0. The van der Waals surface area contributed by atoms with Crippen LogP contribution in [0.4, 0.5) is 8.78 Å². The monoisotopic (exact) mass is 156 g/mol. The van der Waals surface area contributed by atoms with Gasteiger partial charge in [-0.2, -0.15) is 5.10 Å². The Morgan fingerprint density at radius 2 is 2.36 bits per heavy atom. The van der Waals surface area contributed by atoms with Crippen molar-refractivity contribution in [3.63, 3.8) is 0 Å². The number of alkyl halides is 2. The molecule has 0 fully saturated rings. The van der Waals surface area contributed by atoms with Crippen LogP contribution in [0.25, 0.3) is 6.08 Å². The van der Waals surface area contributed by atoms with E-state index in [0.29, 0.717) is 5.69 Å². The molecule has 1 aliphatic carbocycles. The summed E-state index contributed by atoms with van der Waals surface area (Å²) in [6.07, 6.45) is 3.58. The van der Waals surface area contributed by atoms with Crippen molar-refractivity contribution in [3.05, 3.63) is 23.5 Å². The van der Waals surface area contributed by atoms with E-state index in [1.165, 1.54) is 6.08 Å². The summed E-state index contributed by atoms with van der Waals surface area (Å²) in [6.45, 7) is 0. The van der Waals surface area contributed by atoms with Crippen molar-refractivity contribution < 1.29 is 8.78 Å². The molecule has 1 aliphatic rings. The van der Waals surface area contributed by atoms with E-state index in [-0.39, 0.29) is 6.42 Å². The maximum Gasteiger partial charge on any atom is 0.272 e. The Labute approximate surface area is 61.9 Å². The zero-order valence-corrected chi connectivity index (χ0v) is 5.64. The molecule has 1 heterocycles. The first kappa shape index (κ1) is 6.52. The van der Waals surface area contributed by atoms with Crippen LogP contribution in [0.1, 0.15) is 11.3 Å². The van der Waals surface area contributed by atoms with Crippen molar-refractivity contribution in [2.45, 2.75) is 12.3 Å². The smallest absolute Gasteiger partial charge is 0.272 e. The highest BCUT2D eigenvalue weighted by Gasteiger charge is 2.30. The molecule has 0 spiro atoms. The lowest BCUT2D eigenvalue weighted by molar-refractivity contribution is 0.0542. The lowest BCUT2D eigenvalue weighted by Crippen LogP contribution is -2.19. The molecule has 1 aromatic rings. The zero-order valence-electron chi connectivity index (χ0n) is 5.64. The number of aromatic amines is 1. The molecule has 0 radical (unpaired) electrons. The molecule has 0 bridgehead atoms. The van der Waals surface area contributed by atoms with Crippen LogP contribution in [0.3, 0.4) is 0 Å². The molecule has 0 saturated heterocycles. The Morgan fingerprint density at radius 1 is 1.55 bits per heavy atom. The van der Waals surface area contributed by atoms with Crippen molar-refractivity contribution in [1.82, 2.24) is 10.2 Å². The number of nitrogens with one attached hydrogen (secondary N) is 1. The minimum Gasteiger partial charge on any atom is -0.282 e. The predicted molar refractivity (Wildman–Crippen MR) is 36.3 cm³/mol. The van der Waals surface area contributed by atoms with Gasteiger partial charge in [-0.15, -0.1) is 0 Å². The summed E-state index contributed by atoms with van der Waals surface area (Å²) in [7, 11) is 0. The first-order valence-electron chi connectivity index (χ1n) is 3.27. The molecule has 1 aromatic heterocycles. The van der Waals surface area contributed by atoms with Gasteiger partial charge in [0.2, 0.25) is 0 Å². The van der Waals surface area contributed by atoms with E-state index in [4.69, 9.17) is 0 Å². The molecule has 2 rings (SSSR count). The fourth-order valence-electron chi connectivity index (χ4n) is 1.11. The highest BCUT2D eigenvalue weighted by molar-refractivity contribution is 5.55. The summed E-state index contributed by atoms with van der Waals surface area (Å²) in [4.78, 5) is 0. The van der Waals surface area contributed by atoms with Crippen molar-refractivity contribution in [3.8, 4) is 0 Å². The van der Waals surface area contributed by atoms with E-state index in [2.05, 4.69) is 10.2 Å². The van der Waals surface area contributed by atoms with Crippen LogP contribution in [0.2, 0.25) is 0 Å². The molecule has 0 amide bonds. The molecular weight excluding hydrogens is 150 g/mol. The van der Waals surface area contributed by atoms with Crippen LogP contribution in [-0.4, -0.2) is 16.1 Å². The highest BCUT2D eigenvalue weighted by Crippen LogP contribution is 2.28. The van der Waals surface area contributed by atoms with Crippen LogP contribution in [0.5, 0.6) is 0 Å². The van der Waals surface area contributed by atoms with Gasteiger partial charge in [-0.05, 0) is 12.2 Å². The average Bonchev–Trinajstić information content (AvgIpc) is 2.31. The van der Waals surface area contributed by atoms with Crippen molar-refractivity contribution >= 4 is 6.08 Å². The second-order valence-electron chi connectivity index (χ2n) is 2.58. The minimum atomic E-state index is -2.71. The van der Waals surface area contributed by atoms with Crippen molar-refractivity contribution in [1.29, 1.82) is 0 Å². The van der Waals surface area contributed by atoms with Crippen LogP contribution in [-0.2, 0) is 6.42 Å². The third-order valence-electron chi connectivity index (χ3n) is 1.67. The summed E-state index contributed by atoms with van der Waals surface area (Å²) >= 11 is 0. The molecule has 11 heavy (non-hydrogen) atoms. The van der Waals surface area contributed by atoms with E-state index < -0.39 is 5.92 Å². The van der Waals surface area contributed by atoms with E-state index in [1.54, 1.807) is 6.20 Å². The SMILES string of the molecule is FC1(F)C=Cc2cn[nH]c2C1. The topological polar surface area (TPSA) is 28.7 Å². The summed E-state index contributed by atoms with van der Waals surface area (Å²) in [5.74, 6) is -2.71. The van der Waals surface area contributed by atoms with Gasteiger partial charge in [0, 0.05) is 11.3 Å². The Balaban J connectivity index is 2.44. The molecule has 0 atom stereocenters. The van der Waals surface area contributed by atoms with E-state index in [9.17, 15) is 8.78 Å². The molecule has 2 nitrogen and oxygen atoms in total. The molecule has 58 valence electrons. The average molecular weight is 156 g/mol. The van der Waals surface area contributed by atoms with Crippen LogP contribution in [0, 0.1) is 0 Å². The van der Waals surface area contributed by atoms with E-state index in [1.807, 2.05) is 0 Å².